The molecule has 0 fully saturated rings. The molecule has 1 aromatic heterocycles. The number of aryl methyl sites for hydroxylation is 2. The van der Waals surface area contributed by atoms with Crippen LogP contribution in [-0.4, -0.2) is 11.8 Å². The van der Waals surface area contributed by atoms with E-state index in [1.807, 2.05) is 74.7 Å². The second kappa shape index (κ2) is 10.0. The minimum atomic E-state index is -0.308. The Bertz CT molecular complexity index is 1040. The third-order valence-corrected chi connectivity index (χ3v) is 5.73. The fourth-order valence-corrected chi connectivity index (χ4v) is 3.84. The number of hydrogen-bond donors (Lipinski definition) is 2. The first-order valence-corrected chi connectivity index (χ1v) is 10.9. The molecule has 3 aromatic rings. The van der Waals surface area contributed by atoms with Crippen molar-refractivity contribution in [1.29, 1.82) is 0 Å². The number of rotatable bonds is 7. The molecule has 0 saturated carbocycles. The Hall–Kier alpha value is -3.18. The Morgan fingerprint density at radius 1 is 1.00 bits per heavy atom. The molecule has 0 aliphatic heterocycles. The van der Waals surface area contributed by atoms with E-state index in [4.69, 9.17) is 0 Å². The first kappa shape index (κ1) is 21.5. The molecule has 0 aliphatic carbocycles. The summed E-state index contributed by atoms with van der Waals surface area (Å²) in [4.78, 5) is 26.8. The van der Waals surface area contributed by atoms with Crippen molar-refractivity contribution in [2.24, 2.45) is 0 Å². The first-order valence-electron chi connectivity index (χ1n) is 9.97. The van der Waals surface area contributed by atoms with Crippen LogP contribution in [0, 0.1) is 13.8 Å². The zero-order valence-corrected chi connectivity index (χ0v) is 18.3. The van der Waals surface area contributed by atoms with Gasteiger partial charge >= 0.3 is 0 Å². The molecule has 3 rings (SSSR count). The Morgan fingerprint density at radius 3 is 2.37 bits per heavy atom. The molecular formula is C25H26N2O2S. The predicted octanol–water partition coefficient (Wildman–Crippen LogP) is 5.40. The van der Waals surface area contributed by atoms with Gasteiger partial charge in [0, 0.05) is 10.4 Å². The van der Waals surface area contributed by atoms with Crippen LogP contribution in [0.4, 0.5) is 0 Å². The van der Waals surface area contributed by atoms with Gasteiger partial charge in [0.15, 0.2) is 0 Å². The molecule has 0 bridgehead atoms. The Labute approximate surface area is 181 Å². The molecule has 2 N–H and O–H groups in total. The monoisotopic (exact) mass is 418 g/mol. The van der Waals surface area contributed by atoms with E-state index >= 15 is 0 Å². The zero-order chi connectivity index (χ0) is 21.5. The lowest BCUT2D eigenvalue weighted by atomic mass is 9.99. The SMILES string of the molecule is CC[C@@H](NC(=O)/C(=C/c1cccs1)NC(=O)c1ccc(C)cc1)c1ccccc1C. The molecule has 0 aliphatic rings. The van der Waals surface area contributed by atoms with Crippen molar-refractivity contribution in [2.45, 2.75) is 33.2 Å². The number of nitrogens with one attached hydrogen (secondary N) is 2. The fraction of sp³-hybridized carbons (Fsp3) is 0.200. The summed E-state index contributed by atoms with van der Waals surface area (Å²) < 4.78 is 0. The van der Waals surface area contributed by atoms with Crippen LogP contribution in [0.25, 0.3) is 6.08 Å². The summed E-state index contributed by atoms with van der Waals surface area (Å²) in [6.07, 6.45) is 2.46. The molecule has 1 atom stereocenters. The van der Waals surface area contributed by atoms with Crippen molar-refractivity contribution in [3.05, 3.63) is 98.9 Å². The van der Waals surface area contributed by atoms with E-state index in [1.165, 1.54) is 11.3 Å². The molecule has 0 spiro atoms. The maximum absolute atomic E-state index is 13.2. The lowest BCUT2D eigenvalue weighted by molar-refractivity contribution is -0.118. The molecule has 1 heterocycles. The predicted molar refractivity (Wildman–Crippen MR) is 123 cm³/mol. The molecule has 0 radical (unpaired) electrons. The molecule has 4 nitrogen and oxygen atoms in total. The average Bonchev–Trinajstić information content (AvgIpc) is 3.25. The minimum absolute atomic E-state index is 0.137. The van der Waals surface area contributed by atoms with Gasteiger partial charge in [-0.1, -0.05) is 55.0 Å². The number of benzene rings is 2. The quantitative estimate of drug-likeness (QED) is 0.505. The minimum Gasteiger partial charge on any atom is -0.344 e. The molecule has 2 aromatic carbocycles. The highest BCUT2D eigenvalue weighted by atomic mass is 32.1. The lowest BCUT2D eigenvalue weighted by Crippen LogP contribution is -2.37. The Kier molecular flexibility index (Phi) is 7.20. The van der Waals surface area contributed by atoms with Crippen molar-refractivity contribution in [2.75, 3.05) is 0 Å². The third-order valence-electron chi connectivity index (χ3n) is 4.91. The second-order valence-corrected chi connectivity index (χ2v) is 8.16. The number of carbonyl (C=O) groups excluding carboxylic acids is 2. The summed E-state index contributed by atoms with van der Waals surface area (Å²) in [5, 5.41) is 7.82. The van der Waals surface area contributed by atoms with Gasteiger partial charge in [0.25, 0.3) is 11.8 Å². The maximum atomic E-state index is 13.2. The summed E-state index contributed by atoms with van der Waals surface area (Å²) in [6.45, 7) is 6.03. The van der Waals surface area contributed by atoms with E-state index < -0.39 is 0 Å². The van der Waals surface area contributed by atoms with Crippen molar-refractivity contribution in [3.8, 4) is 0 Å². The van der Waals surface area contributed by atoms with Gasteiger partial charge < -0.3 is 10.6 Å². The van der Waals surface area contributed by atoms with Gasteiger partial charge in [-0.15, -0.1) is 11.3 Å². The topological polar surface area (TPSA) is 58.2 Å². The lowest BCUT2D eigenvalue weighted by Gasteiger charge is -2.20. The van der Waals surface area contributed by atoms with Gasteiger partial charge in [-0.05, 0) is 61.1 Å². The normalized spacial score (nSPS) is 12.3. The van der Waals surface area contributed by atoms with Crippen LogP contribution in [-0.2, 0) is 4.79 Å². The molecular weight excluding hydrogens is 392 g/mol. The number of thiophene rings is 1. The van der Waals surface area contributed by atoms with E-state index in [0.717, 1.165) is 28.0 Å². The van der Waals surface area contributed by atoms with Crippen LogP contribution < -0.4 is 10.6 Å². The summed E-state index contributed by atoms with van der Waals surface area (Å²) in [7, 11) is 0. The molecule has 5 heteroatoms. The largest absolute Gasteiger partial charge is 0.344 e. The standard InChI is InChI=1S/C25H26N2O2S/c1-4-22(21-10-6-5-8-18(21)3)26-25(29)23(16-20-9-7-15-30-20)27-24(28)19-13-11-17(2)12-14-19/h5-16,22H,4H2,1-3H3,(H,26,29)(H,27,28)/b23-16-/t22-/m1/s1. The Balaban J connectivity index is 1.84. The van der Waals surface area contributed by atoms with Gasteiger partial charge in [-0.25, -0.2) is 0 Å². The van der Waals surface area contributed by atoms with Crippen LogP contribution in [0.3, 0.4) is 0 Å². The zero-order valence-electron chi connectivity index (χ0n) is 17.4. The van der Waals surface area contributed by atoms with E-state index in [2.05, 4.69) is 10.6 Å². The van der Waals surface area contributed by atoms with Gasteiger partial charge in [-0.3, -0.25) is 9.59 Å². The average molecular weight is 419 g/mol. The highest BCUT2D eigenvalue weighted by molar-refractivity contribution is 7.10. The third kappa shape index (κ3) is 5.45. The van der Waals surface area contributed by atoms with E-state index in [9.17, 15) is 9.59 Å². The number of amides is 2. The van der Waals surface area contributed by atoms with Crippen molar-refractivity contribution < 1.29 is 9.59 Å². The number of hydrogen-bond acceptors (Lipinski definition) is 3. The molecule has 2 amide bonds. The fourth-order valence-electron chi connectivity index (χ4n) is 3.19. The molecule has 154 valence electrons. The van der Waals surface area contributed by atoms with Crippen LogP contribution in [0.15, 0.2) is 71.7 Å². The molecule has 30 heavy (non-hydrogen) atoms. The smallest absolute Gasteiger partial charge is 0.268 e. The summed E-state index contributed by atoms with van der Waals surface area (Å²) >= 11 is 1.51. The summed E-state index contributed by atoms with van der Waals surface area (Å²) in [5.74, 6) is -0.615. The van der Waals surface area contributed by atoms with E-state index in [0.29, 0.717) is 5.56 Å². The van der Waals surface area contributed by atoms with E-state index in [1.54, 1.807) is 18.2 Å². The van der Waals surface area contributed by atoms with Crippen molar-refractivity contribution >= 4 is 29.2 Å². The van der Waals surface area contributed by atoms with Gasteiger partial charge in [0.05, 0.1) is 6.04 Å². The number of carbonyl (C=O) groups is 2. The van der Waals surface area contributed by atoms with Crippen LogP contribution >= 0.6 is 11.3 Å². The first-order chi connectivity index (χ1) is 14.5. The van der Waals surface area contributed by atoms with Gasteiger partial charge in [0.2, 0.25) is 0 Å². The molecule has 0 unspecified atom stereocenters. The second-order valence-electron chi connectivity index (χ2n) is 7.18. The van der Waals surface area contributed by atoms with Crippen LogP contribution in [0.2, 0.25) is 0 Å². The van der Waals surface area contributed by atoms with Gasteiger partial charge in [-0.2, -0.15) is 0 Å². The molecule has 0 saturated heterocycles. The highest BCUT2D eigenvalue weighted by Crippen LogP contribution is 2.21. The highest BCUT2D eigenvalue weighted by Gasteiger charge is 2.19. The maximum Gasteiger partial charge on any atom is 0.268 e. The van der Waals surface area contributed by atoms with Crippen molar-refractivity contribution in [1.82, 2.24) is 10.6 Å². The van der Waals surface area contributed by atoms with Gasteiger partial charge in [0.1, 0.15) is 5.70 Å². The van der Waals surface area contributed by atoms with Crippen LogP contribution in [0.1, 0.15) is 51.3 Å². The van der Waals surface area contributed by atoms with Crippen LogP contribution in [0.5, 0.6) is 0 Å². The van der Waals surface area contributed by atoms with E-state index in [-0.39, 0.29) is 23.6 Å². The summed E-state index contributed by atoms with van der Waals surface area (Å²) in [6, 6.07) is 19.0. The summed E-state index contributed by atoms with van der Waals surface area (Å²) in [5.41, 5.74) is 4.01. The van der Waals surface area contributed by atoms with Crippen molar-refractivity contribution in [3.63, 3.8) is 0 Å². The Morgan fingerprint density at radius 2 is 1.73 bits per heavy atom.